The molecule has 2 aromatic carbocycles. The van der Waals surface area contributed by atoms with E-state index in [0.717, 1.165) is 39.6 Å². The Morgan fingerprint density at radius 1 is 1.15 bits per heavy atom. The van der Waals surface area contributed by atoms with Crippen LogP contribution in [0.25, 0.3) is 28.3 Å². The van der Waals surface area contributed by atoms with Crippen molar-refractivity contribution in [2.24, 2.45) is 5.73 Å². The normalized spacial score (nSPS) is 16.4. The van der Waals surface area contributed by atoms with Gasteiger partial charge in [0.15, 0.2) is 5.82 Å². The highest BCUT2D eigenvalue weighted by Crippen LogP contribution is 2.35. The molecule has 8 nitrogen and oxygen atoms in total. The number of anilines is 1. The first kappa shape index (κ1) is 19.3. The van der Waals surface area contributed by atoms with Gasteiger partial charge in [0, 0.05) is 42.9 Å². The van der Waals surface area contributed by atoms with Crippen molar-refractivity contribution in [1.29, 1.82) is 5.26 Å². The second kappa shape index (κ2) is 7.36. The van der Waals surface area contributed by atoms with Crippen molar-refractivity contribution in [3.05, 3.63) is 78.2 Å². The van der Waals surface area contributed by atoms with Crippen LogP contribution in [0.5, 0.6) is 0 Å². The fourth-order valence-electron chi connectivity index (χ4n) is 4.55. The predicted molar refractivity (Wildman–Crippen MR) is 123 cm³/mol. The Balaban J connectivity index is 1.43. The van der Waals surface area contributed by atoms with Gasteiger partial charge >= 0.3 is 6.09 Å². The van der Waals surface area contributed by atoms with E-state index < -0.39 is 0 Å². The first-order valence-electron chi connectivity index (χ1n) is 10.7. The second-order valence-corrected chi connectivity index (χ2v) is 8.22. The van der Waals surface area contributed by atoms with Gasteiger partial charge < -0.3 is 15.0 Å². The lowest BCUT2D eigenvalue weighted by Gasteiger charge is -2.17. The summed E-state index contributed by atoms with van der Waals surface area (Å²) in [6.45, 7) is 1.37. The summed E-state index contributed by atoms with van der Waals surface area (Å²) < 4.78 is 9.59. The summed E-state index contributed by atoms with van der Waals surface area (Å²) >= 11 is 0. The number of cyclic esters (lactones) is 1. The minimum absolute atomic E-state index is 0.289. The van der Waals surface area contributed by atoms with Crippen molar-refractivity contribution in [2.45, 2.75) is 12.6 Å². The number of hydrogen-bond donors (Lipinski definition) is 1. The van der Waals surface area contributed by atoms with Crippen LogP contribution in [-0.4, -0.2) is 39.4 Å². The van der Waals surface area contributed by atoms with Crippen LogP contribution in [0.4, 0.5) is 10.5 Å². The number of nitrogens with zero attached hydrogens (tertiary/aromatic N) is 5. The highest BCUT2D eigenvalue weighted by Gasteiger charge is 2.32. The summed E-state index contributed by atoms with van der Waals surface area (Å²) in [4.78, 5) is 18.6. The molecule has 0 unspecified atom stereocenters. The summed E-state index contributed by atoms with van der Waals surface area (Å²) in [7, 11) is 0. The Kier molecular flexibility index (Phi) is 4.31. The monoisotopic (exact) mass is 436 g/mol. The maximum Gasteiger partial charge on any atom is 0.414 e. The van der Waals surface area contributed by atoms with Gasteiger partial charge in [-0.05, 0) is 47.5 Å². The summed E-state index contributed by atoms with van der Waals surface area (Å²) in [5, 5.41) is 9.08. The van der Waals surface area contributed by atoms with Crippen molar-refractivity contribution in [1.82, 2.24) is 14.1 Å². The number of rotatable bonds is 3. The zero-order valence-electron chi connectivity index (χ0n) is 17.7. The smallest absolute Gasteiger partial charge is 0.414 e. The molecular formula is C25H20N6O2. The lowest BCUT2D eigenvalue weighted by atomic mass is 10.1. The van der Waals surface area contributed by atoms with E-state index in [1.165, 1.54) is 0 Å². The summed E-state index contributed by atoms with van der Waals surface area (Å²) in [5.74, 6) is 0.852. The first-order valence-corrected chi connectivity index (χ1v) is 10.7. The summed E-state index contributed by atoms with van der Waals surface area (Å²) in [5.41, 5.74) is 12.3. The molecule has 4 heterocycles. The van der Waals surface area contributed by atoms with Crippen molar-refractivity contribution in [3.8, 4) is 34.4 Å². The van der Waals surface area contributed by atoms with Gasteiger partial charge in [0.05, 0.1) is 29.6 Å². The van der Waals surface area contributed by atoms with Crippen LogP contribution in [-0.2, 0) is 11.3 Å². The molecule has 0 bridgehead atoms. The molecule has 0 spiro atoms. The average molecular weight is 436 g/mol. The molecule has 2 aliphatic heterocycles. The topological polar surface area (TPSA) is 102 Å². The minimum atomic E-state index is -0.368. The molecular weight excluding hydrogens is 416 g/mol. The van der Waals surface area contributed by atoms with Crippen LogP contribution >= 0.6 is 0 Å². The molecule has 1 atom stereocenters. The van der Waals surface area contributed by atoms with Gasteiger partial charge in [-0.2, -0.15) is 5.26 Å². The van der Waals surface area contributed by atoms with Crippen LogP contribution in [0, 0.1) is 11.3 Å². The molecule has 1 amide bonds. The number of amides is 1. The molecule has 0 saturated carbocycles. The largest absolute Gasteiger partial charge is 0.443 e. The Morgan fingerprint density at radius 3 is 2.76 bits per heavy atom. The number of carbonyl (C=O) groups excluding carboxylic acids is 1. The van der Waals surface area contributed by atoms with Gasteiger partial charge in [0.25, 0.3) is 0 Å². The van der Waals surface area contributed by atoms with Crippen LogP contribution in [0.15, 0.2) is 67.1 Å². The zero-order chi connectivity index (χ0) is 22.5. The average Bonchev–Trinajstić information content (AvgIpc) is 3.56. The van der Waals surface area contributed by atoms with E-state index in [9.17, 15) is 4.79 Å². The SMILES string of the molecule is N#Cc1ccc(-c2cc3n(c2)Cc2cc(N4C[C@@H](CN)OC4=O)ccc2-n2ccnc2-3)cc1. The van der Waals surface area contributed by atoms with Crippen molar-refractivity contribution >= 4 is 11.8 Å². The first-order chi connectivity index (χ1) is 16.1. The predicted octanol–water partition coefficient (Wildman–Crippen LogP) is 3.53. The third-order valence-corrected chi connectivity index (χ3v) is 6.23. The number of nitriles is 1. The molecule has 2 aromatic heterocycles. The van der Waals surface area contributed by atoms with Gasteiger partial charge in [0.1, 0.15) is 6.10 Å². The number of hydrogen-bond acceptors (Lipinski definition) is 5. The number of fused-ring (bicyclic) bond motifs is 5. The van der Waals surface area contributed by atoms with Crippen molar-refractivity contribution < 1.29 is 9.53 Å². The molecule has 8 heteroatoms. The minimum Gasteiger partial charge on any atom is -0.443 e. The molecule has 4 aromatic rings. The van der Waals surface area contributed by atoms with Crippen molar-refractivity contribution in [3.63, 3.8) is 0 Å². The maximum atomic E-state index is 12.3. The van der Waals surface area contributed by atoms with E-state index >= 15 is 0 Å². The molecule has 33 heavy (non-hydrogen) atoms. The van der Waals surface area contributed by atoms with Gasteiger partial charge in [-0.25, -0.2) is 9.78 Å². The third-order valence-electron chi connectivity index (χ3n) is 6.23. The van der Waals surface area contributed by atoms with Crippen LogP contribution < -0.4 is 10.6 Å². The van der Waals surface area contributed by atoms with E-state index in [1.807, 2.05) is 48.7 Å². The van der Waals surface area contributed by atoms with E-state index in [-0.39, 0.29) is 12.2 Å². The Labute approximate surface area is 190 Å². The Morgan fingerprint density at radius 2 is 2.00 bits per heavy atom. The summed E-state index contributed by atoms with van der Waals surface area (Å²) in [6, 6.07) is 17.8. The standard InChI is InChI=1S/C25H20N6O2/c26-11-16-1-3-17(4-2-16)18-10-23-24-28-7-8-30(24)22-6-5-20(9-19(22)14-29(23)13-18)31-15-21(12-27)33-25(31)32/h1-10,13,21H,12,14-15,27H2/t21-/m1/s1. The van der Waals surface area contributed by atoms with E-state index in [1.54, 1.807) is 11.1 Å². The number of nitrogens with two attached hydrogens (primary N) is 1. The Hall–Kier alpha value is -4.35. The van der Waals surface area contributed by atoms with Gasteiger partial charge in [-0.3, -0.25) is 9.47 Å². The van der Waals surface area contributed by atoms with Crippen molar-refractivity contribution in [2.75, 3.05) is 18.0 Å². The van der Waals surface area contributed by atoms with Gasteiger partial charge in [-0.1, -0.05) is 12.1 Å². The molecule has 2 N–H and O–H groups in total. The van der Waals surface area contributed by atoms with Crippen LogP contribution in [0.3, 0.4) is 0 Å². The second-order valence-electron chi connectivity index (χ2n) is 8.22. The molecule has 1 fully saturated rings. The molecule has 0 aliphatic carbocycles. The number of imidazole rings is 1. The highest BCUT2D eigenvalue weighted by atomic mass is 16.6. The maximum absolute atomic E-state index is 12.3. The lowest BCUT2D eigenvalue weighted by Crippen LogP contribution is -2.27. The van der Waals surface area contributed by atoms with E-state index in [0.29, 0.717) is 25.2 Å². The van der Waals surface area contributed by atoms with Gasteiger partial charge in [-0.15, -0.1) is 0 Å². The van der Waals surface area contributed by atoms with Crippen LogP contribution in [0.1, 0.15) is 11.1 Å². The summed E-state index contributed by atoms with van der Waals surface area (Å²) in [6.07, 6.45) is 5.19. The number of aromatic nitrogens is 3. The zero-order valence-corrected chi connectivity index (χ0v) is 17.7. The highest BCUT2D eigenvalue weighted by molar-refractivity contribution is 5.90. The van der Waals surface area contributed by atoms with E-state index in [4.69, 9.17) is 15.7 Å². The number of benzene rings is 2. The van der Waals surface area contributed by atoms with E-state index in [2.05, 4.69) is 32.5 Å². The van der Waals surface area contributed by atoms with Gasteiger partial charge in [0.2, 0.25) is 0 Å². The fourth-order valence-corrected chi connectivity index (χ4v) is 4.55. The number of ether oxygens (including phenoxy) is 1. The lowest BCUT2D eigenvalue weighted by molar-refractivity contribution is 0.145. The number of carbonyl (C=O) groups is 1. The molecule has 1 saturated heterocycles. The molecule has 2 aliphatic rings. The third kappa shape index (κ3) is 3.10. The fraction of sp³-hybridized carbons (Fsp3) is 0.160. The quantitative estimate of drug-likeness (QED) is 0.466. The van der Waals surface area contributed by atoms with Crippen LogP contribution in [0.2, 0.25) is 0 Å². The molecule has 162 valence electrons. The molecule has 6 rings (SSSR count). The molecule has 0 radical (unpaired) electrons. The Bertz CT molecular complexity index is 1430.